The Balaban J connectivity index is 1.60. The molecule has 35 heavy (non-hydrogen) atoms. The van der Waals surface area contributed by atoms with Gasteiger partial charge in [-0.15, -0.1) is 0 Å². The molecule has 0 unspecified atom stereocenters. The van der Waals surface area contributed by atoms with Crippen molar-refractivity contribution in [3.8, 4) is 5.75 Å². The van der Waals surface area contributed by atoms with Crippen LogP contribution in [0, 0.1) is 6.92 Å². The second-order valence-corrected chi connectivity index (χ2v) is 8.72. The summed E-state index contributed by atoms with van der Waals surface area (Å²) in [5, 5.41) is 14.0. The first-order valence-corrected chi connectivity index (χ1v) is 11.4. The number of hydrogen-bond donors (Lipinski definition) is 2. The Kier molecular flexibility index (Phi) is 6.92. The number of carbonyl (C=O) groups excluding carboxylic acids is 2. The molecule has 1 aliphatic rings. The normalized spacial score (nSPS) is 13.7. The molecule has 2 N–H and O–H groups in total. The summed E-state index contributed by atoms with van der Waals surface area (Å²) in [5.74, 6) is -1.00. The highest BCUT2D eigenvalue weighted by molar-refractivity contribution is 9.10. The Morgan fingerprint density at radius 3 is 2.66 bits per heavy atom. The zero-order valence-electron chi connectivity index (χ0n) is 18.9. The first-order valence-electron chi connectivity index (χ1n) is 10.6. The van der Waals surface area contributed by atoms with E-state index in [0.717, 1.165) is 10.0 Å². The van der Waals surface area contributed by atoms with E-state index in [1.54, 1.807) is 12.1 Å². The van der Waals surface area contributed by atoms with E-state index in [2.05, 4.69) is 31.4 Å². The summed E-state index contributed by atoms with van der Waals surface area (Å²) in [6.07, 6.45) is 0. The quantitative estimate of drug-likeness (QED) is 0.382. The van der Waals surface area contributed by atoms with E-state index >= 15 is 0 Å². The number of fused-ring (bicyclic) bond motifs is 1. The van der Waals surface area contributed by atoms with Crippen LogP contribution in [0.4, 0.5) is 5.69 Å². The summed E-state index contributed by atoms with van der Waals surface area (Å²) in [4.78, 5) is 43.6. The van der Waals surface area contributed by atoms with Crippen LogP contribution in [0.5, 0.6) is 5.75 Å². The van der Waals surface area contributed by atoms with Gasteiger partial charge in [-0.05, 0) is 32.0 Å². The molecule has 10 heteroatoms. The second-order valence-electron chi connectivity index (χ2n) is 7.81. The van der Waals surface area contributed by atoms with Crippen molar-refractivity contribution >= 4 is 44.9 Å². The van der Waals surface area contributed by atoms with Gasteiger partial charge in [0.15, 0.2) is 0 Å². The van der Waals surface area contributed by atoms with E-state index < -0.39 is 11.5 Å². The van der Waals surface area contributed by atoms with Gasteiger partial charge < -0.3 is 14.4 Å². The first-order chi connectivity index (χ1) is 16.7. The molecule has 3 aromatic rings. The lowest BCUT2D eigenvalue weighted by molar-refractivity contribution is -0.123. The van der Waals surface area contributed by atoms with Gasteiger partial charge in [-0.1, -0.05) is 46.3 Å². The average Bonchev–Trinajstić information content (AvgIpc) is 2.94. The highest BCUT2D eigenvalue weighted by Gasteiger charge is 2.27. The molecular formula is C25H21BrN4O5. The SMILES string of the molecule is CC(=NNC(=O)CN1C(=O)CN=C(c2ccccc2)c2cc(Br)ccc21)c1c(O)cc(C)oc1=O. The number of aryl methyl sites for hydroxylation is 1. The summed E-state index contributed by atoms with van der Waals surface area (Å²) < 4.78 is 5.78. The highest BCUT2D eigenvalue weighted by Crippen LogP contribution is 2.29. The Morgan fingerprint density at radius 1 is 1.20 bits per heavy atom. The van der Waals surface area contributed by atoms with E-state index in [4.69, 9.17) is 4.42 Å². The molecule has 178 valence electrons. The Labute approximate surface area is 208 Å². The van der Waals surface area contributed by atoms with Crippen molar-refractivity contribution in [3.05, 3.63) is 91.9 Å². The van der Waals surface area contributed by atoms with Crippen LogP contribution in [0.2, 0.25) is 0 Å². The lowest BCUT2D eigenvalue weighted by Gasteiger charge is -2.22. The van der Waals surface area contributed by atoms with Crippen molar-refractivity contribution in [2.45, 2.75) is 13.8 Å². The van der Waals surface area contributed by atoms with Crippen molar-refractivity contribution in [3.63, 3.8) is 0 Å². The predicted octanol–water partition coefficient (Wildman–Crippen LogP) is 3.14. The Morgan fingerprint density at radius 2 is 1.94 bits per heavy atom. The van der Waals surface area contributed by atoms with Gasteiger partial charge in [0, 0.05) is 21.7 Å². The second kappa shape index (κ2) is 10.1. The minimum absolute atomic E-state index is 0.0609. The fourth-order valence-electron chi connectivity index (χ4n) is 3.71. The number of aromatic hydroxyl groups is 1. The Hall–Kier alpha value is -4.05. The van der Waals surface area contributed by atoms with Crippen LogP contribution in [0.15, 0.2) is 78.4 Å². The number of hydrazone groups is 1. The fraction of sp³-hybridized carbons (Fsp3) is 0.160. The number of carbonyl (C=O) groups is 2. The van der Waals surface area contributed by atoms with Gasteiger partial charge in [-0.3, -0.25) is 14.6 Å². The summed E-state index contributed by atoms with van der Waals surface area (Å²) in [6, 6.07) is 16.2. The number of nitrogens with one attached hydrogen (secondary N) is 1. The van der Waals surface area contributed by atoms with Gasteiger partial charge in [0.1, 0.15) is 30.2 Å². The van der Waals surface area contributed by atoms with Gasteiger partial charge in [-0.25, -0.2) is 10.2 Å². The molecule has 0 saturated carbocycles. The van der Waals surface area contributed by atoms with E-state index in [-0.39, 0.29) is 41.8 Å². The van der Waals surface area contributed by atoms with E-state index in [9.17, 15) is 19.5 Å². The molecule has 0 atom stereocenters. The van der Waals surface area contributed by atoms with Gasteiger partial charge >= 0.3 is 5.63 Å². The topological polar surface area (TPSA) is 125 Å². The average molecular weight is 537 g/mol. The summed E-state index contributed by atoms with van der Waals surface area (Å²) in [7, 11) is 0. The molecule has 0 radical (unpaired) electrons. The van der Waals surface area contributed by atoms with Crippen molar-refractivity contribution in [1.82, 2.24) is 5.43 Å². The van der Waals surface area contributed by atoms with Crippen LogP contribution in [0.1, 0.15) is 29.4 Å². The molecule has 1 aliphatic heterocycles. The van der Waals surface area contributed by atoms with Crippen LogP contribution in [0.3, 0.4) is 0 Å². The van der Waals surface area contributed by atoms with Crippen molar-refractivity contribution in [2.24, 2.45) is 10.1 Å². The van der Waals surface area contributed by atoms with Crippen molar-refractivity contribution < 1.29 is 19.1 Å². The largest absolute Gasteiger partial charge is 0.507 e. The standard InChI is InChI=1S/C25H21BrN4O5/c1-14-10-20(31)23(25(34)35-14)15(2)28-29-21(32)13-30-19-9-8-17(26)11-18(19)24(27-12-22(30)33)16-6-4-3-5-7-16/h3-11,31H,12-13H2,1-2H3,(H,29,32). The van der Waals surface area contributed by atoms with Crippen LogP contribution in [-0.4, -0.2) is 41.4 Å². The summed E-state index contributed by atoms with van der Waals surface area (Å²) in [6.45, 7) is 2.52. The molecule has 9 nitrogen and oxygen atoms in total. The van der Waals surface area contributed by atoms with E-state index in [1.807, 2.05) is 36.4 Å². The molecule has 2 aromatic carbocycles. The molecular weight excluding hydrogens is 516 g/mol. The molecule has 4 rings (SSSR count). The highest BCUT2D eigenvalue weighted by atomic mass is 79.9. The van der Waals surface area contributed by atoms with Gasteiger partial charge in [0.05, 0.1) is 17.1 Å². The number of aliphatic imine (C=N–C) groups is 1. The molecule has 0 saturated heterocycles. The maximum Gasteiger partial charge on any atom is 0.348 e. The van der Waals surface area contributed by atoms with Crippen LogP contribution >= 0.6 is 15.9 Å². The molecule has 2 heterocycles. The Bertz CT molecular complexity index is 1430. The van der Waals surface area contributed by atoms with Crippen molar-refractivity contribution in [1.29, 1.82) is 0 Å². The molecule has 0 spiro atoms. The molecule has 2 amide bonds. The van der Waals surface area contributed by atoms with Crippen molar-refractivity contribution in [2.75, 3.05) is 18.0 Å². The maximum absolute atomic E-state index is 13.0. The zero-order valence-corrected chi connectivity index (χ0v) is 20.5. The molecule has 0 fully saturated rings. The minimum atomic E-state index is -0.772. The lowest BCUT2D eigenvalue weighted by Crippen LogP contribution is -2.40. The third-order valence-corrected chi connectivity index (χ3v) is 5.78. The van der Waals surface area contributed by atoms with Crippen LogP contribution < -0.4 is 16.0 Å². The number of rotatable bonds is 5. The molecule has 0 bridgehead atoms. The minimum Gasteiger partial charge on any atom is -0.507 e. The first kappa shape index (κ1) is 24.1. The number of anilines is 1. The van der Waals surface area contributed by atoms with Gasteiger partial charge in [0.25, 0.3) is 5.91 Å². The van der Waals surface area contributed by atoms with Crippen LogP contribution in [0.25, 0.3) is 0 Å². The van der Waals surface area contributed by atoms with E-state index in [0.29, 0.717) is 17.0 Å². The third kappa shape index (κ3) is 5.22. The number of amides is 2. The molecule has 0 aliphatic carbocycles. The van der Waals surface area contributed by atoms with Crippen LogP contribution in [-0.2, 0) is 9.59 Å². The number of hydrogen-bond acceptors (Lipinski definition) is 7. The molecule has 1 aromatic heterocycles. The van der Waals surface area contributed by atoms with Gasteiger partial charge in [0.2, 0.25) is 5.91 Å². The van der Waals surface area contributed by atoms with E-state index in [1.165, 1.54) is 24.8 Å². The lowest BCUT2D eigenvalue weighted by atomic mass is 10.0. The van der Waals surface area contributed by atoms with Gasteiger partial charge in [-0.2, -0.15) is 5.10 Å². The third-order valence-electron chi connectivity index (χ3n) is 5.29. The zero-order chi connectivity index (χ0) is 25.1. The number of benzene rings is 2. The number of halogens is 1. The summed E-state index contributed by atoms with van der Waals surface area (Å²) in [5.41, 5.74) is 4.20. The number of nitrogens with zero attached hydrogens (tertiary/aromatic N) is 3. The number of benzodiazepines with no additional fused rings is 1. The summed E-state index contributed by atoms with van der Waals surface area (Å²) >= 11 is 3.47. The predicted molar refractivity (Wildman–Crippen MR) is 135 cm³/mol. The maximum atomic E-state index is 13.0. The smallest absolute Gasteiger partial charge is 0.348 e. The monoisotopic (exact) mass is 536 g/mol. The fourth-order valence-corrected chi connectivity index (χ4v) is 4.07.